The first-order valence-electron chi connectivity index (χ1n) is 14.3. The highest BCUT2D eigenvalue weighted by Gasteiger charge is 2.31. The third-order valence-electron chi connectivity index (χ3n) is 7.47. The second-order valence-corrected chi connectivity index (χ2v) is 11.4. The van der Waals surface area contributed by atoms with Gasteiger partial charge in [0.25, 0.3) is 0 Å². The van der Waals surface area contributed by atoms with Crippen LogP contribution in [0.25, 0.3) is 11.3 Å². The van der Waals surface area contributed by atoms with E-state index in [1.807, 2.05) is 0 Å². The number of hydrogen-bond acceptors (Lipinski definition) is 7. The number of benzene rings is 2. The number of aromatic nitrogens is 2. The molecule has 0 aliphatic carbocycles. The molecule has 12 nitrogen and oxygen atoms in total. The van der Waals surface area contributed by atoms with Gasteiger partial charge in [0.2, 0.25) is 11.8 Å². The molecule has 4 amide bonds. The molecule has 4 N–H and O–H groups in total. The van der Waals surface area contributed by atoms with Gasteiger partial charge in [-0.15, -0.1) is 0 Å². The van der Waals surface area contributed by atoms with Gasteiger partial charge in [-0.1, -0.05) is 29.6 Å². The molecule has 2 aliphatic rings. The molecule has 2 aliphatic heterocycles. The van der Waals surface area contributed by atoms with Crippen molar-refractivity contribution in [1.82, 2.24) is 14.9 Å². The van der Waals surface area contributed by atoms with Gasteiger partial charge in [-0.25, -0.2) is 14.6 Å². The van der Waals surface area contributed by atoms with E-state index in [9.17, 15) is 19.2 Å². The van der Waals surface area contributed by atoms with E-state index in [1.54, 1.807) is 41.3 Å². The maximum Gasteiger partial charge on any atom is 0.411 e. The number of anilines is 3. The van der Waals surface area contributed by atoms with Crippen LogP contribution in [-0.4, -0.2) is 59.1 Å². The predicted octanol–water partition coefficient (Wildman–Crippen LogP) is 6.53. The van der Waals surface area contributed by atoms with Crippen molar-refractivity contribution in [2.75, 3.05) is 36.2 Å². The third-order valence-corrected chi connectivity index (χ3v) is 7.97. The van der Waals surface area contributed by atoms with Crippen molar-refractivity contribution in [2.24, 2.45) is 0 Å². The van der Waals surface area contributed by atoms with E-state index in [4.69, 9.17) is 32.9 Å². The lowest BCUT2D eigenvalue weighted by molar-refractivity contribution is -0.134. The summed E-state index contributed by atoms with van der Waals surface area (Å²) < 4.78 is 9.96. The number of amides is 4. The number of methoxy groups -OCH3 is 1. The Hall–Kier alpha value is -4.29. The summed E-state index contributed by atoms with van der Waals surface area (Å²) in [6.45, 7) is 0.838. The average molecular weight is 644 g/mol. The van der Waals surface area contributed by atoms with Gasteiger partial charge in [0.15, 0.2) is 0 Å². The molecule has 0 saturated heterocycles. The SMILES string of the molecule is COC(=O)Nc1ccc2c(c1)NC(=O)CCCC[C@H](C(=O)N1CCCCOC(=O)Nc3ccc(Cl)cc3C1)c1nc-2c(Cl)[nH]1. The van der Waals surface area contributed by atoms with E-state index < -0.39 is 18.1 Å². The fourth-order valence-corrected chi connectivity index (χ4v) is 5.70. The number of hydrogen-bond donors (Lipinski definition) is 4. The van der Waals surface area contributed by atoms with Crippen LogP contribution in [-0.2, 0) is 25.6 Å². The van der Waals surface area contributed by atoms with Crippen LogP contribution in [0.4, 0.5) is 26.7 Å². The minimum Gasteiger partial charge on any atom is -0.453 e. The lowest BCUT2D eigenvalue weighted by Crippen LogP contribution is -2.36. The fraction of sp³-hybridized carbons (Fsp3) is 0.367. The van der Waals surface area contributed by atoms with Crippen molar-refractivity contribution in [3.63, 3.8) is 0 Å². The summed E-state index contributed by atoms with van der Waals surface area (Å²) in [7, 11) is 1.26. The first kappa shape index (κ1) is 31.1. The zero-order valence-electron chi connectivity index (χ0n) is 24.0. The smallest absolute Gasteiger partial charge is 0.411 e. The van der Waals surface area contributed by atoms with Crippen LogP contribution in [0.15, 0.2) is 36.4 Å². The second-order valence-electron chi connectivity index (χ2n) is 10.5. The fourth-order valence-electron chi connectivity index (χ4n) is 5.26. The number of carbonyl (C=O) groups is 4. The lowest BCUT2D eigenvalue weighted by Gasteiger charge is -2.27. The molecule has 2 aromatic carbocycles. The summed E-state index contributed by atoms with van der Waals surface area (Å²) >= 11 is 13.0. The monoisotopic (exact) mass is 642 g/mol. The van der Waals surface area contributed by atoms with Gasteiger partial charge < -0.3 is 24.7 Å². The van der Waals surface area contributed by atoms with Gasteiger partial charge in [-0.05, 0) is 67.6 Å². The van der Waals surface area contributed by atoms with E-state index in [0.29, 0.717) is 83.4 Å². The van der Waals surface area contributed by atoms with Crippen molar-refractivity contribution in [1.29, 1.82) is 0 Å². The maximum atomic E-state index is 14.3. The Balaban J connectivity index is 1.51. The Morgan fingerprint density at radius 2 is 1.89 bits per heavy atom. The molecule has 1 aromatic heterocycles. The van der Waals surface area contributed by atoms with Crippen LogP contribution in [0, 0.1) is 0 Å². The van der Waals surface area contributed by atoms with Gasteiger partial charge in [0, 0.05) is 41.5 Å². The van der Waals surface area contributed by atoms with Crippen LogP contribution in [0.5, 0.6) is 0 Å². The largest absolute Gasteiger partial charge is 0.453 e. The number of fused-ring (bicyclic) bond motifs is 5. The molecule has 5 rings (SSSR count). The Morgan fingerprint density at radius 3 is 2.70 bits per heavy atom. The van der Waals surface area contributed by atoms with Crippen LogP contribution < -0.4 is 16.0 Å². The van der Waals surface area contributed by atoms with Crippen molar-refractivity contribution in [2.45, 2.75) is 51.0 Å². The molecule has 2 bridgehead atoms. The molecule has 232 valence electrons. The third kappa shape index (κ3) is 7.43. The number of imidazole rings is 1. The Morgan fingerprint density at radius 1 is 1.05 bits per heavy atom. The van der Waals surface area contributed by atoms with Crippen molar-refractivity contribution in [3.8, 4) is 11.3 Å². The minimum atomic E-state index is -0.675. The molecule has 0 unspecified atom stereocenters. The summed E-state index contributed by atoms with van der Waals surface area (Å²) in [5.74, 6) is -0.659. The minimum absolute atomic E-state index is 0.168. The summed E-state index contributed by atoms with van der Waals surface area (Å²) in [5.41, 5.74) is 2.85. The van der Waals surface area contributed by atoms with Crippen LogP contribution in [0.3, 0.4) is 0 Å². The first-order valence-corrected chi connectivity index (χ1v) is 15.0. The molecule has 1 atom stereocenters. The molecule has 0 saturated carbocycles. The Bertz CT molecular complexity index is 1580. The number of cyclic esters (lactones) is 1. The Kier molecular flexibility index (Phi) is 9.91. The summed E-state index contributed by atoms with van der Waals surface area (Å²) in [4.78, 5) is 60.9. The molecule has 14 heteroatoms. The van der Waals surface area contributed by atoms with E-state index in [-0.39, 0.29) is 36.5 Å². The zero-order chi connectivity index (χ0) is 31.2. The molecule has 3 heterocycles. The molecule has 0 fully saturated rings. The predicted molar refractivity (Wildman–Crippen MR) is 166 cm³/mol. The lowest BCUT2D eigenvalue weighted by atomic mass is 9.97. The highest BCUT2D eigenvalue weighted by molar-refractivity contribution is 6.32. The van der Waals surface area contributed by atoms with Gasteiger partial charge in [0.05, 0.1) is 25.3 Å². The van der Waals surface area contributed by atoms with Crippen LogP contribution in [0.1, 0.15) is 55.8 Å². The van der Waals surface area contributed by atoms with Crippen molar-refractivity contribution >= 4 is 64.3 Å². The number of halogens is 2. The van der Waals surface area contributed by atoms with Crippen molar-refractivity contribution in [3.05, 3.63) is 58.0 Å². The second kappa shape index (κ2) is 14.0. The molecular weight excluding hydrogens is 611 g/mol. The van der Waals surface area contributed by atoms with E-state index in [1.165, 1.54) is 7.11 Å². The van der Waals surface area contributed by atoms with E-state index in [2.05, 4.69) is 25.7 Å². The van der Waals surface area contributed by atoms with Gasteiger partial charge >= 0.3 is 12.2 Å². The number of H-pyrrole nitrogens is 1. The van der Waals surface area contributed by atoms with Gasteiger partial charge in [0.1, 0.15) is 16.7 Å². The highest BCUT2D eigenvalue weighted by Crippen LogP contribution is 2.37. The van der Waals surface area contributed by atoms with Gasteiger partial charge in [-0.3, -0.25) is 20.2 Å². The average Bonchev–Trinajstić information content (AvgIpc) is 3.36. The van der Waals surface area contributed by atoms with Crippen LogP contribution in [0.2, 0.25) is 10.2 Å². The summed E-state index contributed by atoms with van der Waals surface area (Å²) in [5, 5.41) is 8.91. The van der Waals surface area contributed by atoms with Crippen LogP contribution >= 0.6 is 23.2 Å². The molecular formula is C30H32Cl2N6O6. The molecule has 44 heavy (non-hydrogen) atoms. The van der Waals surface area contributed by atoms with Crippen molar-refractivity contribution < 1.29 is 28.7 Å². The standard InChI is InChI=1S/C30H32Cl2N6O6/c1-43-29(41)33-19-9-10-20-23(15-19)34-24(39)7-3-2-6-21(27-36-25(20)26(32)37-27)28(40)38-12-4-5-13-44-30(42)35-22-11-8-18(31)14-17(22)16-38/h8-11,14-15,21H,2-7,12-13,16H2,1H3,(H,33,41)(H,34,39)(H,35,42)(H,36,37)/t21-/m0/s1. The number of carbonyl (C=O) groups excluding carboxylic acids is 4. The summed E-state index contributed by atoms with van der Waals surface area (Å²) in [6.07, 6.45) is 1.75. The number of aromatic amines is 1. The molecule has 3 aromatic rings. The van der Waals surface area contributed by atoms with Gasteiger partial charge in [-0.2, -0.15) is 0 Å². The number of nitrogens with one attached hydrogen (secondary N) is 4. The molecule has 0 spiro atoms. The number of rotatable bonds is 2. The number of nitrogens with zero attached hydrogens (tertiary/aromatic N) is 2. The summed E-state index contributed by atoms with van der Waals surface area (Å²) in [6, 6.07) is 9.98. The normalized spacial score (nSPS) is 17.6. The van der Waals surface area contributed by atoms with E-state index in [0.717, 1.165) is 0 Å². The zero-order valence-corrected chi connectivity index (χ0v) is 25.5. The highest BCUT2D eigenvalue weighted by atomic mass is 35.5. The quantitative estimate of drug-likeness (QED) is 0.248. The molecule has 0 radical (unpaired) electrons. The number of ether oxygens (including phenoxy) is 2. The Labute approximate surface area is 263 Å². The first-order chi connectivity index (χ1) is 21.2. The van der Waals surface area contributed by atoms with E-state index >= 15 is 0 Å². The topological polar surface area (TPSA) is 155 Å². The maximum absolute atomic E-state index is 14.3.